The monoisotopic (exact) mass is 289 g/mol. The van der Waals surface area contributed by atoms with Gasteiger partial charge in [-0.2, -0.15) is 0 Å². The molecule has 2 aromatic carbocycles. The highest BCUT2D eigenvalue weighted by Crippen LogP contribution is 2.36. The zero-order valence-electron chi connectivity index (χ0n) is 13.8. The first kappa shape index (κ1) is 14.8. The highest BCUT2D eigenvalue weighted by Gasteiger charge is 2.21. The summed E-state index contributed by atoms with van der Waals surface area (Å²) in [5.74, 6) is 0.929. The van der Waals surface area contributed by atoms with E-state index in [-0.39, 0.29) is 0 Å². The number of rotatable bonds is 3. The zero-order chi connectivity index (χ0) is 15.7. The molecule has 0 aliphatic rings. The second-order valence-corrected chi connectivity index (χ2v) is 6.56. The summed E-state index contributed by atoms with van der Waals surface area (Å²) < 4.78 is 0. The fraction of sp³-hybridized carbons (Fsp3) is 0.286. The molecule has 3 rings (SSSR count). The third kappa shape index (κ3) is 2.76. The summed E-state index contributed by atoms with van der Waals surface area (Å²) in [6.45, 7) is 8.96. The zero-order valence-corrected chi connectivity index (χ0v) is 13.8. The number of aromatic nitrogens is 1. The highest BCUT2D eigenvalue weighted by atomic mass is 14.6. The van der Waals surface area contributed by atoms with Crippen molar-refractivity contribution in [2.24, 2.45) is 5.92 Å². The summed E-state index contributed by atoms with van der Waals surface area (Å²) in [7, 11) is 0. The first-order chi connectivity index (χ1) is 10.6. The van der Waals surface area contributed by atoms with Crippen LogP contribution in [0.15, 0.2) is 54.7 Å². The van der Waals surface area contributed by atoms with Crippen LogP contribution < -0.4 is 0 Å². The molecule has 0 saturated carbocycles. The lowest BCUT2D eigenvalue weighted by molar-refractivity contribution is 0.566. The van der Waals surface area contributed by atoms with E-state index in [1.54, 1.807) is 0 Å². The Morgan fingerprint density at radius 2 is 1.55 bits per heavy atom. The van der Waals surface area contributed by atoms with E-state index < -0.39 is 0 Å². The van der Waals surface area contributed by atoms with Gasteiger partial charge in [-0.3, -0.25) is 4.98 Å². The number of nitrogens with zero attached hydrogens (tertiary/aromatic N) is 1. The lowest BCUT2D eigenvalue weighted by Gasteiger charge is -2.24. The molecule has 0 radical (unpaired) electrons. The molecule has 0 fully saturated rings. The van der Waals surface area contributed by atoms with E-state index in [9.17, 15) is 0 Å². The van der Waals surface area contributed by atoms with Crippen LogP contribution in [-0.4, -0.2) is 4.98 Å². The van der Waals surface area contributed by atoms with Crippen molar-refractivity contribution in [3.8, 4) is 0 Å². The molecule has 112 valence electrons. The molecule has 1 atom stereocenters. The van der Waals surface area contributed by atoms with Gasteiger partial charge in [0.1, 0.15) is 0 Å². The van der Waals surface area contributed by atoms with Gasteiger partial charge in [-0.15, -0.1) is 0 Å². The van der Waals surface area contributed by atoms with E-state index >= 15 is 0 Å². The van der Waals surface area contributed by atoms with Crippen LogP contribution in [0, 0.1) is 19.8 Å². The molecule has 1 aromatic heterocycles. The predicted molar refractivity (Wildman–Crippen MR) is 94.3 cm³/mol. The number of fused-ring (bicyclic) bond motifs is 1. The maximum Gasteiger partial charge on any atom is 0.0704 e. The van der Waals surface area contributed by atoms with E-state index in [1.807, 2.05) is 6.20 Å². The van der Waals surface area contributed by atoms with Crippen molar-refractivity contribution in [3.05, 3.63) is 77.0 Å². The third-order valence-electron chi connectivity index (χ3n) is 4.29. The summed E-state index contributed by atoms with van der Waals surface area (Å²) in [6.07, 6.45) is 1.94. The van der Waals surface area contributed by atoms with E-state index in [4.69, 9.17) is 0 Å². The van der Waals surface area contributed by atoms with Gasteiger partial charge in [0.25, 0.3) is 0 Å². The summed E-state index contributed by atoms with van der Waals surface area (Å²) in [5, 5.41) is 1.27. The Hall–Kier alpha value is -2.15. The minimum Gasteiger partial charge on any atom is -0.256 e. The van der Waals surface area contributed by atoms with Gasteiger partial charge in [-0.05, 0) is 43.0 Å². The second-order valence-electron chi connectivity index (χ2n) is 6.56. The van der Waals surface area contributed by atoms with Crippen molar-refractivity contribution in [1.82, 2.24) is 4.98 Å². The second kappa shape index (κ2) is 5.92. The molecule has 1 heterocycles. The van der Waals surface area contributed by atoms with Gasteiger partial charge >= 0.3 is 0 Å². The molecule has 1 unspecified atom stereocenters. The van der Waals surface area contributed by atoms with Crippen LogP contribution in [0.3, 0.4) is 0 Å². The number of para-hydroxylation sites is 1. The van der Waals surface area contributed by atoms with Gasteiger partial charge in [-0.25, -0.2) is 0 Å². The molecule has 0 amide bonds. The minimum absolute atomic E-state index is 0.395. The average molecular weight is 289 g/mol. The van der Waals surface area contributed by atoms with Crippen LogP contribution in [-0.2, 0) is 0 Å². The Morgan fingerprint density at radius 1 is 0.864 bits per heavy atom. The van der Waals surface area contributed by atoms with Gasteiger partial charge in [0, 0.05) is 17.5 Å². The van der Waals surface area contributed by atoms with Crippen molar-refractivity contribution in [1.29, 1.82) is 0 Å². The largest absolute Gasteiger partial charge is 0.256 e. The minimum atomic E-state index is 0.395. The molecule has 1 nitrogen and oxygen atoms in total. The maximum atomic E-state index is 4.51. The average Bonchev–Trinajstić information content (AvgIpc) is 2.46. The Bertz CT molecular complexity index is 776. The molecule has 0 spiro atoms. The first-order valence-electron chi connectivity index (χ1n) is 7.98. The quantitative estimate of drug-likeness (QED) is 0.608. The van der Waals surface area contributed by atoms with Crippen LogP contribution in [0.1, 0.15) is 42.0 Å². The molecule has 22 heavy (non-hydrogen) atoms. The molecule has 0 aliphatic carbocycles. The molecule has 3 aromatic rings. The highest BCUT2D eigenvalue weighted by molar-refractivity contribution is 5.83. The van der Waals surface area contributed by atoms with Crippen LogP contribution in [0.4, 0.5) is 0 Å². The topological polar surface area (TPSA) is 12.9 Å². The molecule has 0 saturated heterocycles. The summed E-state index contributed by atoms with van der Waals surface area (Å²) in [6, 6.07) is 17.5. The molecule has 0 aliphatic heterocycles. The first-order valence-corrected chi connectivity index (χ1v) is 7.98. The van der Waals surface area contributed by atoms with Crippen LogP contribution >= 0.6 is 0 Å². The normalized spacial score (nSPS) is 12.8. The number of benzene rings is 2. The lowest BCUT2D eigenvalue weighted by atomic mass is 9.80. The lowest BCUT2D eigenvalue weighted by Crippen LogP contribution is -2.10. The summed E-state index contributed by atoms with van der Waals surface area (Å²) in [4.78, 5) is 4.51. The van der Waals surface area contributed by atoms with Gasteiger partial charge < -0.3 is 0 Å². The molecular weight excluding hydrogens is 266 g/mol. The van der Waals surface area contributed by atoms with Gasteiger partial charge in [0.2, 0.25) is 0 Å². The van der Waals surface area contributed by atoms with Gasteiger partial charge in [0.15, 0.2) is 0 Å². The van der Waals surface area contributed by atoms with E-state index in [0.29, 0.717) is 11.8 Å². The van der Waals surface area contributed by atoms with Crippen LogP contribution in [0.25, 0.3) is 10.9 Å². The van der Waals surface area contributed by atoms with Gasteiger partial charge in [-0.1, -0.05) is 61.4 Å². The van der Waals surface area contributed by atoms with Crippen molar-refractivity contribution in [2.75, 3.05) is 0 Å². The Balaban J connectivity index is 2.23. The Morgan fingerprint density at radius 3 is 2.23 bits per heavy atom. The van der Waals surface area contributed by atoms with Crippen molar-refractivity contribution in [2.45, 2.75) is 33.6 Å². The Kier molecular flexibility index (Phi) is 3.98. The van der Waals surface area contributed by atoms with Gasteiger partial charge in [0.05, 0.1) is 5.52 Å². The SMILES string of the molecule is Cc1cc(C)cc(C(c2ccnc3ccccc23)C(C)C)c1. The van der Waals surface area contributed by atoms with E-state index in [2.05, 4.69) is 81.2 Å². The number of hydrogen-bond acceptors (Lipinski definition) is 1. The smallest absolute Gasteiger partial charge is 0.0704 e. The number of hydrogen-bond donors (Lipinski definition) is 0. The fourth-order valence-corrected chi connectivity index (χ4v) is 3.50. The van der Waals surface area contributed by atoms with E-state index in [0.717, 1.165) is 5.52 Å². The summed E-state index contributed by atoms with van der Waals surface area (Å²) >= 11 is 0. The predicted octanol–water partition coefficient (Wildman–Crippen LogP) is 5.64. The molecule has 0 bridgehead atoms. The van der Waals surface area contributed by atoms with Crippen LogP contribution in [0.2, 0.25) is 0 Å². The van der Waals surface area contributed by atoms with Crippen molar-refractivity contribution in [3.63, 3.8) is 0 Å². The molecule has 0 N–H and O–H groups in total. The van der Waals surface area contributed by atoms with E-state index in [1.165, 1.54) is 27.6 Å². The standard InChI is InChI=1S/C21H23N/c1-14(2)21(17-12-15(3)11-16(4)13-17)19-9-10-22-20-8-6-5-7-18(19)20/h5-14,21H,1-4H3. The molecular formula is C21H23N. The fourth-order valence-electron chi connectivity index (χ4n) is 3.50. The molecule has 1 heteroatoms. The number of pyridine rings is 1. The van der Waals surface area contributed by atoms with Crippen LogP contribution in [0.5, 0.6) is 0 Å². The Labute approximate surface area is 133 Å². The van der Waals surface area contributed by atoms with Crippen molar-refractivity contribution >= 4 is 10.9 Å². The van der Waals surface area contributed by atoms with Crippen molar-refractivity contribution < 1.29 is 0 Å². The number of aryl methyl sites for hydroxylation is 2. The third-order valence-corrected chi connectivity index (χ3v) is 4.29. The maximum absolute atomic E-state index is 4.51. The summed E-state index contributed by atoms with van der Waals surface area (Å²) in [5.41, 5.74) is 6.53.